The zero-order valence-electron chi connectivity index (χ0n) is 16.2. The molecule has 0 N–H and O–H groups in total. The van der Waals surface area contributed by atoms with Crippen molar-refractivity contribution in [3.8, 4) is 6.07 Å². The number of rotatable bonds is 5. The molecule has 152 valence electrons. The summed E-state index contributed by atoms with van der Waals surface area (Å²) < 4.78 is 27.5. The fraction of sp³-hybridized carbons (Fsp3) is 0.182. The van der Waals surface area contributed by atoms with Crippen LogP contribution in [-0.2, 0) is 14.8 Å². The van der Waals surface area contributed by atoms with E-state index in [1.54, 1.807) is 42.5 Å². The second-order valence-corrected chi connectivity index (χ2v) is 9.27. The van der Waals surface area contributed by atoms with Crippen LogP contribution in [0.15, 0.2) is 59.5 Å². The van der Waals surface area contributed by atoms with Gasteiger partial charge in [0.05, 0.1) is 23.1 Å². The first-order valence-electron chi connectivity index (χ1n) is 9.32. The van der Waals surface area contributed by atoms with Crippen LogP contribution in [0.5, 0.6) is 0 Å². The number of nitrogens with zero attached hydrogens (tertiary/aromatic N) is 3. The molecule has 30 heavy (non-hydrogen) atoms. The molecule has 0 saturated heterocycles. The summed E-state index contributed by atoms with van der Waals surface area (Å²) in [6, 6.07) is 17.6. The number of nitriles is 1. The Morgan fingerprint density at radius 2 is 1.90 bits per heavy atom. The minimum Gasteiger partial charge on any atom is -0.310 e. The summed E-state index contributed by atoms with van der Waals surface area (Å²) in [7, 11) is -3.84. The number of anilines is 2. The Balaban J connectivity index is 1.72. The lowest BCUT2D eigenvalue weighted by molar-refractivity contribution is -0.117. The van der Waals surface area contributed by atoms with Gasteiger partial charge in [-0.05, 0) is 48.2 Å². The molecular formula is C22H18ClN3O3S. The average molecular weight is 440 g/mol. The van der Waals surface area contributed by atoms with Gasteiger partial charge in [-0.25, -0.2) is 8.42 Å². The topological polar surface area (TPSA) is 81.5 Å². The number of carbonyl (C=O) groups is 1. The highest BCUT2D eigenvalue weighted by Gasteiger charge is 2.37. The van der Waals surface area contributed by atoms with Crippen LogP contribution in [0.3, 0.4) is 0 Å². The predicted molar refractivity (Wildman–Crippen MR) is 117 cm³/mol. The third kappa shape index (κ3) is 3.28. The maximum Gasteiger partial charge on any atom is 0.265 e. The van der Waals surface area contributed by atoms with Crippen LogP contribution >= 0.6 is 11.6 Å². The largest absolute Gasteiger partial charge is 0.310 e. The molecule has 0 fully saturated rings. The number of hydrogen-bond donors (Lipinski definition) is 0. The molecule has 0 aliphatic carbocycles. The first kappa shape index (κ1) is 20.2. The van der Waals surface area contributed by atoms with Crippen LogP contribution in [-0.4, -0.2) is 27.4 Å². The minimum atomic E-state index is -3.84. The van der Waals surface area contributed by atoms with Gasteiger partial charge in [-0.1, -0.05) is 35.9 Å². The number of sulfonamides is 1. The third-order valence-corrected chi connectivity index (χ3v) is 7.39. The van der Waals surface area contributed by atoms with Gasteiger partial charge in [0, 0.05) is 22.6 Å². The molecule has 0 aromatic heterocycles. The molecule has 0 radical (unpaired) electrons. The summed E-state index contributed by atoms with van der Waals surface area (Å²) in [5.74, 6) is -0.416. The molecule has 0 atom stereocenters. The van der Waals surface area contributed by atoms with Gasteiger partial charge in [-0.15, -0.1) is 0 Å². The number of halogens is 1. The van der Waals surface area contributed by atoms with Gasteiger partial charge in [0.15, 0.2) is 0 Å². The molecule has 6 nitrogen and oxygen atoms in total. The van der Waals surface area contributed by atoms with E-state index in [1.165, 1.54) is 4.90 Å². The van der Waals surface area contributed by atoms with Gasteiger partial charge in [-0.3, -0.25) is 9.10 Å². The van der Waals surface area contributed by atoms with Crippen molar-refractivity contribution in [1.29, 1.82) is 5.26 Å². The van der Waals surface area contributed by atoms with Crippen molar-refractivity contribution < 1.29 is 13.2 Å². The highest BCUT2D eigenvalue weighted by Crippen LogP contribution is 2.41. The molecule has 0 bridgehead atoms. The first-order valence-corrected chi connectivity index (χ1v) is 11.1. The fourth-order valence-corrected chi connectivity index (χ4v) is 5.47. The molecule has 1 heterocycles. The second kappa shape index (κ2) is 7.63. The maximum absolute atomic E-state index is 13.2. The lowest BCUT2D eigenvalue weighted by Gasteiger charge is -2.26. The van der Waals surface area contributed by atoms with Crippen molar-refractivity contribution in [3.05, 3.63) is 65.2 Å². The van der Waals surface area contributed by atoms with Crippen molar-refractivity contribution in [2.75, 3.05) is 22.3 Å². The Morgan fingerprint density at radius 3 is 2.60 bits per heavy atom. The molecule has 0 unspecified atom stereocenters. The van der Waals surface area contributed by atoms with Gasteiger partial charge < -0.3 is 4.90 Å². The predicted octanol–water partition coefficient (Wildman–Crippen LogP) is 4.26. The first-order chi connectivity index (χ1) is 14.3. The number of amides is 1. The summed E-state index contributed by atoms with van der Waals surface area (Å²) in [4.78, 5) is 14.9. The molecule has 1 amide bonds. The van der Waals surface area contributed by atoms with Crippen LogP contribution in [0.1, 0.15) is 12.0 Å². The number of hydrogen-bond acceptors (Lipinski definition) is 4. The molecule has 1 aliphatic heterocycles. The Labute approximate surface area is 179 Å². The monoisotopic (exact) mass is 439 g/mol. The minimum absolute atomic E-state index is 0.121. The number of carbonyl (C=O) groups excluding carboxylic acids is 1. The highest BCUT2D eigenvalue weighted by molar-refractivity contribution is 7.93. The second-order valence-electron chi connectivity index (χ2n) is 7.03. The van der Waals surface area contributed by atoms with Crippen molar-refractivity contribution in [1.82, 2.24) is 0 Å². The normalized spacial score (nSPS) is 14.0. The third-order valence-electron chi connectivity index (χ3n) is 5.16. The van der Waals surface area contributed by atoms with E-state index in [2.05, 4.69) is 0 Å². The highest BCUT2D eigenvalue weighted by atomic mass is 35.5. The Bertz CT molecular complexity index is 1310. The molecule has 0 spiro atoms. The van der Waals surface area contributed by atoms with Gasteiger partial charge in [0.25, 0.3) is 10.0 Å². The van der Waals surface area contributed by atoms with Crippen molar-refractivity contribution in [2.24, 2.45) is 0 Å². The summed E-state index contributed by atoms with van der Waals surface area (Å²) in [6.07, 6.45) is 0.121. The summed E-state index contributed by atoms with van der Waals surface area (Å²) in [6.45, 7) is 1.62. The average Bonchev–Trinajstić information content (AvgIpc) is 2.94. The van der Waals surface area contributed by atoms with E-state index in [1.807, 2.05) is 25.1 Å². The molecular weight excluding hydrogens is 422 g/mol. The van der Waals surface area contributed by atoms with E-state index in [4.69, 9.17) is 16.9 Å². The summed E-state index contributed by atoms with van der Waals surface area (Å²) >= 11 is 6.10. The number of aryl methyl sites for hydroxylation is 1. The number of benzene rings is 3. The van der Waals surface area contributed by atoms with Crippen molar-refractivity contribution in [3.63, 3.8) is 0 Å². The van der Waals surface area contributed by atoms with Gasteiger partial charge in [0.1, 0.15) is 6.54 Å². The molecule has 1 aliphatic rings. The zero-order valence-corrected chi connectivity index (χ0v) is 17.7. The molecule has 3 aromatic rings. The van der Waals surface area contributed by atoms with Crippen LogP contribution < -0.4 is 9.21 Å². The SMILES string of the molecule is Cc1cc(N(CCC#N)C(=O)CN2c3cccc4cccc(c34)S2(=O)=O)ccc1Cl. The van der Waals surface area contributed by atoms with Gasteiger partial charge in [0.2, 0.25) is 5.91 Å². The van der Waals surface area contributed by atoms with Gasteiger partial charge >= 0.3 is 0 Å². The maximum atomic E-state index is 13.2. The Kier molecular flexibility index (Phi) is 5.14. The van der Waals surface area contributed by atoms with Crippen LogP contribution in [0.4, 0.5) is 11.4 Å². The quantitative estimate of drug-likeness (QED) is 0.594. The van der Waals surface area contributed by atoms with Crippen LogP contribution in [0, 0.1) is 18.3 Å². The molecule has 0 saturated carbocycles. The van der Waals surface area contributed by atoms with Crippen molar-refractivity contribution in [2.45, 2.75) is 18.2 Å². The van der Waals surface area contributed by atoms with E-state index in [0.29, 0.717) is 21.8 Å². The van der Waals surface area contributed by atoms with E-state index in [9.17, 15) is 13.2 Å². The van der Waals surface area contributed by atoms with Crippen LogP contribution in [0.25, 0.3) is 10.8 Å². The Hall–Kier alpha value is -3.08. The Morgan fingerprint density at radius 1 is 1.17 bits per heavy atom. The molecule has 3 aromatic carbocycles. The summed E-state index contributed by atoms with van der Waals surface area (Å²) in [5.41, 5.74) is 1.85. The zero-order chi connectivity index (χ0) is 21.5. The van der Waals surface area contributed by atoms with Crippen LogP contribution in [0.2, 0.25) is 5.02 Å². The summed E-state index contributed by atoms with van der Waals surface area (Å²) in [5, 5.41) is 11.0. The smallest absolute Gasteiger partial charge is 0.265 e. The molecule has 8 heteroatoms. The lowest BCUT2D eigenvalue weighted by Crippen LogP contribution is -2.42. The van der Waals surface area contributed by atoms with Crippen molar-refractivity contribution >= 4 is 49.7 Å². The fourth-order valence-electron chi connectivity index (χ4n) is 3.69. The lowest BCUT2D eigenvalue weighted by atomic mass is 10.1. The van der Waals surface area contributed by atoms with E-state index >= 15 is 0 Å². The van der Waals surface area contributed by atoms with E-state index in [-0.39, 0.29) is 24.4 Å². The van der Waals surface area contributed by atoms with Gasteiger partial charge in [-0.2, -0.15) is 5.26 Å². The molecule has 4 rings (SSSR count). The van der Waals surface area contributed by atoms with E-state index in [0.717, 1.165) is 15.3 Å². The van der Waals surface area contributed by atoms with E-state index < -0.39 is 15.9 Å². The standard InChI is InChI=1S/C22H18ClN3O3S/c1-15-13-17(9-10-18(15)23)25(12-4-11-24)21(27)14-26-19-7-2-5-16-6-3-8-20(22(16)19)30(26,28)29/h2-3,5-10,13H,4,12,14H2,1H3.